The summed E-state index contributed by atoms with van der Waals surface area (Å²) in [6.07, 6.45) is 0. The van der Waals surface area contributed by atoms with Crippen LogP contribution in [-0.2, 0) is 17.1 Å². The third-order valence-electron chi connectivity index (χ3n) is 0. The Bertz CT molecular complexity index is 20.3. The van der Waals surface area contributed by atoms with E-state index in [1.54, 1.807) is 0 Å². The molecule has 0 bridgehead atoms. The third-order valence-corrected chi connectivity index (χ3v) is 0. The smallest absolute Gasteiger partial charge is 1.00 e. The molecule has 0 spiro atoms. The molecule has 2 nitrogen and oxygen atoms in total. The van der Waals surface area contributed by atoms with E-state index in [2.05, 4.69) is 0 Å². The zero-order valence-electron chi connectivity index (χ0n) is 3.80. The van der Waals surface area contributed by atoms with Gasteiger partial charge >= 0.3 is 51.4 Å². The molecule has 0 saturated heterocycles. The van der Waals surface area contributed by atoms with Crippen LogP contribution in [0.25, 0.3) is 0 Å². The first-order chi connectivity index (χ1) is 1.00. The molecule has 0 amide bonds. The number of hydrogen-bond donors (Lipinski definition) is 0. The maximum absolute atomic E-state index is 6.25. The molecule has 0 aliphatic rings. The third kappa shape index (κ3) is 28.3. The van der Waals surface area contributed by atoms with Crippen LogP contribution in [0.15, 0.2) is 0 Å². The average molecular weight is 140 g/mol. The fraction of sp³-hybridized carbons (Fsp3) is 0. The molecular formula is CH3FeKNO-. The molecule has 2 N–H and O–H groups in total. The van der Waals surface area contributed by atoms with E-state index in [1.165, 1.54) is 0 Å². The van der Waals surface area contributed by atoms with Gasteiger partial charge in [0.05, 0.1) is 0 Å². The van der Waals surface area contributed by atoms with E-state index in [9.17, 15) is 0 Å². The van der Waals surface area contributed by atoms with Gasteiger partial charge < -0.3 is 18.7 Å². The molecule has 4 heteroatoms. The van der Waals surface area contributed by atoms with Crippen molar-refractivity contribution < 1.29 is 75.4 Å². The summed E-state index contributed by atoms with van der Waals surface area (Å²) in [4.78, 5) is 0. The van der Waals surface area contributed by atoms with Crippen LogP contribution < -0.4 is 51.4 Å². The van der Waals surface area contributed by atoms with Crippen molar-refractivity contribution >= 4 is 0 Å². The van der Waals surface area contributed by atoms with Gasteiger partial charge in [-0.25, -0.2) is 0 Å². The molecule has 0 atom stereocenters. The molecule has 0 aliphatic heterocycles. The van der Waals surface area contributed by atoms with Gasteiger partial charge in [-0.2, -0.15) is 0 Å². The molecule has 0 rings (SSSR count). The van der Waals surface area contributed by atoms with Crippen molar-refractivity contribution in [2.75, 3.05) is 0 Å². The normalized spacial score (nSPS) is 0.400. The molecule has 28 valence electrons. The van der Waals surface area contributed by atoms with E-state index in [4.69, 9.17) is 11.8 Å². The van der Waals surface area contributed by atoms with Gasteiger partial charge in [-0.05, 0) is 0 Å². The van der Waals surface area contributed by atoms with Gasteiger partial charge in [-0.15, -0.1) is 0 Å². The molecule has 0 heterocycles. The standard InChI is InChI=1S/CN.Fe.K.H2O.H/c1-2;;;;/h;;;1H2;/q-1;;+1;;-1. The van der Waals surface area contributed by atoms with Crippen LogP contribution in [0.4, 0.5) is 0 Å². The first-order valence-electron chi connectivity index (χ1n) is 0.224. The first kappa shape index (κ1) is 30.6. The monoisotopic (exact) mass is 140 g/mol. The predicted molar refractivity (Wildman–Crippen MR) is 9.69 cm³/mol. The Labute approximate surface area is 85.6 Å². The van der Waals surface area contributed by atoms with Crippen LogP contribution >= 0.6 is 0 Å². The Morgan fingerprint density at radius 3 is 1.40 bits per heavy atom. The molecule has 0 fully saturated rings. The van der Waals surface area contributed by atoms with E-state index in [0.29, 0.717) is 0 Å². The minimum Gasteiger partial charge on any atom is -1.00 e. The van der Waals surface area contributed by atoms with E-state index < -0.39 is 0 Å². The van der Waals surface area contributed by atoms with Gasteiger partial charge in [0.2, 0.25) is 0 Å². The summed E-state index contributed by atoms with van der Waals surface area (Å²) in [5.41, 5.74) is 0. The molecule has 0 radical (unpaired) electrons. The van der Waals surface area contributed by atoms with Gasteiger partial charge in [-0.1, -0.05) is 0 Å². The van der Waals surface area contributed by atoms with Crippen LogP contribution in [0.2, 0.25) is 0 Å². The van der Waals surface area contributed by atoms with Crippen LogP contribution in [0.1, 0.15) is 1.43 Å². The summed E-state index contributed by atoms with van der Waals surface area (Å²) in [5, 5.41) is 6.25. The molecule has 0 aromatic heterocycles. The SMILES string of the molecule is O.[C-]#N.[Fe].[H-].[K+]. The molecule has 0 unspecified atom stereocenters. The molecule has 0 aromatic carbocycles. The second-order valence-electron chi connectivity index (χ2n) is 0. The van der Waals surface area contributed by atoms with Crippen molar-refractivity contribution in [2.45, 2.75) is 0 Å². The van der Waals surface area contributed by atoms with Crippen molar-refractivity contribution in [1.29, 1.82) is 5.26 Å². The Morgan fingerprint density at radius 2 is 1.40 bits per heavy atom. The Balaban J connectivity index is -0.000000000833. The second kappa shape index (κ2) is 46.1. The van der Waals surface area contributed by atoms with Crippen LogP contribution in [0.3, 0.4) is 0 Å². The second-order valence-corrected chi connectivity index (χ2v) is 0. The summed E-state index contributed by atoms with van der Waals surface area (Å²) in [7, 11) is 0. The zero-order valence-corrected chi connectivity index (χ0v) is 7.03. The maximum Gasteiger partial charge on any atom is 1.00 e. The summed E-state index contributed by atoms with van der Waals surface area (Å²) in [5.74, 6) is 0. The van der Waals surface area contributed by atoms with Crippen molar-refractivity contribution in [2.24, 2.45) is 0 Å². The van der Waals surface area contributed by atoms with Gasteiger partial charge in [0.25, 0.3) is 0 Å². The molecule has 0 aliphatic carbocycles. The Hall–Kier alpha value is 1.61. The predicted octanol–water partition coefficient (Wildman–Crippen LogP) is -3.61. The van der Waals surface area contributed by atoms with Gasteiger partial charge in [0.1, 0.15) is 0 Å². The van der Waals surface area contributed by atoms with Gasteiger partial charge in [0.15, 0.2) is 0 Å². The van der Waals surface area contributed by atoms with E-state index in [1.807, 2.05) is 0 Å². The van der Waals surface area contributed by atoms with Crippen molar-refractivity contribution in [3.05, 3.63) is 6.57 Å². The summed E-state index contributed by atoms with van der Waals surface area (Å²) in [6, 6.07) is 0. The number of hydrogen-bond acceptors (Lipinski definition) is 1. The number of nitrogens with zero attached hydrogens (tertiary/aromatic N) is 1. The van der Waals surface area contributed by atoms with E-state index in [0.717, 1.165) is 0 Å². The molecule has 5 heavy (non-hydrogen) atoms. The van der Waals surface area contributed by atoms with Crippen molar-refractivity contribution in [3.63, 3.8) is 0 Å². The van der Waals surface area contributed by atoms with Gasteiger partial charge in [-0.3, -0.25) is 0 Å². The molecule has 0 saturated carbocycles. The quantitative estimate of drug-likeness (QED) is 0.253. The van der Waals surface area contributed by atoms with Crippen LogP contribution in [0, 0.1) is 11.8 Å². The summed E-state index contributed by atoms with van der Waals surface area (Å²) in [6.45, 7) is 4.75. The largest absolute Gasteiger partial charge is 1.00 e. The zero-order chi connectivity index (χ0) is 2.00. The first-order valence-corrected chi connectivity index (χ1v) is 0.224. The summed E-state index contributed by atoms with van der Waals surface area (Å²) >= 11 is 0. The molecular weight excluding hydrogens is 137 g/mol. The minimum absolute atomic E-state index is 0. The summed E-state index contributed by atoms with van der Waals surface area (Å²) < 4.78 is 0. The van der Waals surface area contributed by atoms with E-state index in [-0.39, 0.29) is 75.4 Å². The van der Waals surface area contributed by atoms with Crippen molar-refractivity contribution in [3.8, 4) is 0 Å². The molecule has 0 aromatic rings. The number of rotatable bonds is 0. The fourth-order valence-electron chi connectivity index (χ4n) is 0. The Kier molecular flexibility index (Phi) is 282. The maximum atomic E-state index is 6.25. The van der Waals surface area contributed by atoms with Crippen LogP contribution in [0.5, 0.6) is 0 Å². The van der Waals surface area contributed by atoms with Crippen molar-refractivity contribution in [1.82, 2.24) is 0 Å². The fourth-order valence-corrected chi connectivity index (χ4v) is 0. The van der Waals surface area contributed by atoms with Gasteiger partial charge in [0, 0.05) is 17.1 Å². The average Bonchev–Trinajstić information content (AvgIpc) is 1.00. The van der Waals surface area contributed by atoms with Crippen LogP contribution in [-0.4, -0.2) is 5.48 Å². The Morgan fingerprint density at radius 1 is 1.40 bits per heavy atom. The van der Waals surface area contributed by atoms with E-state index >= 15 is 0 Å². The topological polar surface area (TPSA) is 55.3 Å². The minimum atomic E-state index is 0.